The Labute approximate surface area is 46.8 Å². The van der Waals surface area contributed by atoms with Crippen molar-refractivity contribution in [3.05, 3.63) is 9.81 Å². The van der Waals surface area contributed by atoms with Crippen molar-refractivity contribution in [3.8, 4) is 0 Å². The number of rotatable bonds is 1. The van der Waals surface area contributed by atoms with Gasteiger partial charge in [-0.15, -0.1) is 0 Å². The fourth-order valence-electron chi connectivity index (χ4n) is 0.447. The molecule has 0 aliphatic carbocycles. The van der Waals surface area contributed by atoms with Crippen molar-refractivity contribution in [1.29, 1.82) is 0 Å². The zero-order chi connectivity index (χ0) is 5.44. The molecule has 7 heavy (non-hydrogen) atoms. The standard InChI is InChI=1S/C5H6OS/c1-3(6)5-4(2)7-5/h1-2H3. The predicted molar refractivity (Wildman–Crippen MR) is 31.0 cm³/mol. The van der Waals surface area contributed by atoms with Crippen LogP contribution in [0.15, 0.2) is 9.81 Å². The minimum atomic E-state index is 0.211. The Balaban J connectivity index is 2.62. The SMILES string of the molecule is CC(=O)C1=C(C)S1. The molecule has 1 aliphatic heterocycles. The Hall–Kier alpha value is -0.240. The van der Waals surface area contributed by atoms with Crippen molar-refractivity contribution in [2.75, 3.05) is 0 Å². The summed E-state index contributed by atoms with van der Waals surface area (Å²) >= 11 is 1.58. The molecule has 0 radical (unpaired) electrons. The molecule has 0 spiro atoms. The van der Waals surface area contributed by atoms with Gasteiger partial charge in [0.15, 0.2) is 5.78 Å². The summed E-state index contributed by atoms with van der Waals surface area (Å²) in [4.78, 5) is 12.5. The lowest BCUT2D eigenvalue weighted by Gasteiger charge is -1.69. The molecular formula is C5H6OS. The smallest absolute Gasteiger partial charge is 0.167 e. The van der Waals surface area contributed by atoms with E-state index in [1.807, 2.05) is 6.92 Å². The molecule has 1 rings (SSSR count). The fraction of sp³-hybridized carbons (Fsp3) is 0.400. The number of allylic oxidation sites excluding steroid dienone is 2. The van der Waals surface area contributed by atoms with E-state index < -0.39 is 0 Å². The van der Waals surface area contributed by atoms with Crippen LogP contribution >= 0.6 is 11.8 Å². The van der Waals surface area contributed by atoms with Gasteiger partial charge in [-0.2, -0.15) is 0 Å². The highest BCUT2D eigenvalue weighted by Crippen LogP contribution is 2.44. The van der Waals surface area contributed by atoms with Crippen LogP contribution in [-0.4, -0.2) is 5.78 Å². The number of Topliss-reactive ketones (excluding diaryl/α,β-unsaturated/α-hetero) is 1. The van der Waals surface area contributed by atoms with Gasteiger partial charge in [0.2, 0.25) is 0 Å². The van der Waals surface area contributed by atoms with Crippen LogP contribution in [0, 0.1) is 0 Å². The van der Waals surface area contributed by atoms with Gasteiger partial charge in [-0.05, 0) is 13.8 Å². The van der Waals surface area contributed by atoms with Crippen molar-refractivity contribution in [2.24, 2.45) is 0 Å². The fourth-order valence-corrected chi connectivity index (χ4v) is 0.990. The van der Waals surface area contributed by atoms with Crippen LogP contribution in [0.3, 0.4) is 0 Å². The summed E-state index contributed by atoms with van der Waals surface area (Å²) in [6, 6.07) is 0. The second kappa shape index (κ2) is 1.37. The van der Waals surface area contributed by atoms with Crippen LogP contribution in [0.25, 0.3) is 0 Å². The van der Waals surface area contributed by atoms with E-state index >= 15 is 0 Å². The first-order valence-electron chi connectivity index (χ1n) is 2.11. The van der Waals surface area contributed by atoms with Crippen molar-refractivity contribution < 1.29 is 4.79 Å². The third-order valence-corrected chi connectivity index (χ3v) is 1.96. The Morgan fingerprint density at radius 1 is 1.71 bits per heavy atom. The number of carbonyl (C=O) groups excluding carboxylic acids is 1. The first kappa shape index (κ1) is 4.91. The Morgan fingerprint density at radius 3 is 2.14 bits per heavy atom. The van der Waals surface area contributed by atoms with Gasteiger partial charge in [-0.3, -0.25) is 4.79 Å². The number of hydrogen-bond donors (Lipinski definition) is 0. The molecule has 0 atom stereocenters. The topological polar surface area (TPSA) is 17.1 Å². The van der Waals surface area contributed by atoms with E-state index in [0.717, 1.165) is 4.91 Å². The van der Waals surface area contributed by atoms with Gasteiger partial charge in [-0.1, -0.05) is 11.8 Å². The Bertz CT molecular complexity index is 141. The predicted octanol–water partition coefficient (Wildman–Crippen LogP) is 1.55. The van der Waals surface area contributed by atoms with Gasteiger partial charge >= 0.3 is 0 Å². The lowest BCUT2D eigenvalue weighted by molar-refractivity contribution is -0.112. The zero-order valence-corrected chi connectivity index (χ0v) is 5.13. The summed E-state index contributed by atoms with van der Waals surface area (Å²) in [6.45, 7) is 3.56. The minimum absolute atomic E-state index is 0.211. The number of ketones is 1. The van der Waals surface area contributed by atoms with Crippen LogP contribution < -0.4 is 0 Å². The minimum Gasteiger partial charge on any atom is -0.294 e. The molecule has 1 heterocycles. The van der Waals surface area contributed by atoms with Crippen LogP contribution in [0.1, 0.15) is 13.8 Å². The lowest BCUT2D eigenvalue weighted by Crippen LogP contribution is -1.79. The number of carbonyl (C=O) groups is 1. The van der Waals surface area contributed by atoms with Crippen molar-refractivity contribution in [1.82, 2.24) is 0 Å². The van der Waals surface area contributed by atoms with E-state index in [9.17, 15) is 4.79 Å². The Kier molecular flexibility index (Phi) is 0.961. The maximum absolute atomic E-state index is 10.3. The monoisotopic (exact) mass is 114 g/mol. The molecule has 0 bridgehead atoms. The van der Waals surface area contributed by atoms with Crippen LogP contribution in [0.5, 0.6) is 0 Å². The largest absolute Gasteiger partial charge is 0.294 e. The van der Waals surface area contributed by atoms with E-state index in [0.29, 0.717) is 0 Å². The number of hydrogen-bond acceptors (Lipinski definition) is 2. The first-order chi connectivity index (χ1) is 3.22. The molecular weight excluding hydrogens is 108 g/mol. The normalized spacial score (nSPS) is 17.4. The summed E-state index contributed by atoms with van der Waals surface area (Å²) < 4.78 is 0. The molecule has 0 aromatic rings. The van der Waals surface area contributed by atoms with Crippen LogP contribution in [-0.2, 0) is 4.79 Å². The van der Waals surface area contributed by atoms with E-state index in [4.69, 9.17) is 0 Å². The lowest BCUT2D eigenvalue weighted by atomic mass is 10.4. The third kappa shape index (κ3) is 0.855. The average Bonchev–Trinajstić information content (AvgIpc) is 2.17. The zero-order valence-electron chi connectivity index (χ0n) is 4.32. The first-order valence-corrected chi connectivity index (χ1v) is 2.93. The molecule has 0 fully saturated rings. The molecule has 0 N–H and O–H groups in total. The third-order valence-electron chi connectivity index (χ3n) is 0.853. The van der Waals surface area contributed by atoms with E-state index in [1.165, 1.54) is 4.91 Å². The summed E-state index contributed by atoms with van der Waals surface area (Å²) in [5.74, 6) is 0.211. The summed E-state index contributed by atoms with van der Waals surface area (Å²) in [5.41, 5.74) is 0. The molecule has 2 heteroatoms. The van der Waals surface area contributed by atoms with Crippen molar-refractivity contribution in [3.63, 3.8) is 0 Å². The molecule has 1 nitrogen and oxygen atoms in total. The molecule has 0 unspecified atom stereocenters. The highest BCUT2D eigenvalue weighted by atomic mass is 32.2. The summed E-state index contributed by atoms with van der Waals surface area (Å²) in [5, 5.41) is 0. The maximum Gasteiger partial charge on any atom is 0.167 e. The summed E-state index contributed by atoms with van der Waals surface area (Å²) in [7, 11) is 0. The number of thioether (sulfide) groups is 1. The molecule has 0 saturated heterocycles. The van der Waals surface area contributed by atoms with Crippen LogP contribution in [0.4, 0.5) is 0 Å². The van der Waals surface area contributed by atoms with Crippen LogP contribution in [0.2, 0.25) is 0 Å². The molecule has 0 saturated carbocycles. The molecule has 0 aromatic heterocycles. The van der Waals surface area contributed by atoms with Crippen molar-refractivity contribution >= 4 is 17.5 Å². The summed E-state index contributed by atoms with van der Waals surface area (Å²) in [6.07, 6.45) is 0. The Morgan fingerprint density at radius 2 is 2.14 bits per heavy atom. The molecule has 0 aromatic carbocycles. The van der Waals surface area contributed by atoms with Gasteiger partial charge < -0.3 is 0 Å². The average molecular weight is 114 g/mol. The van der Waals surface area contributed by atoms with E-state index in [-0.39, 0.29) is 5.78 Å². The highest BCUT2D eigenvalue weighted by molar-refractivity contribution is 8.14. The van der Waals surface area contributed by atoms with Gasteiger partial charge in [-0.25, -0.2) is 0 Å². The van der Waals surface area contributed by atoms with Gasteiger partial charge in [0, 0.05) is 4.91 Å². The molecule has 1 aliphatic rings. The van der Waals surface area contributed by atoms with Gasteiger partial charge in [0.05, 0.1) is 4.91 Å². The highest BCUT2D eigenvalue weighted by Gasteiger charge is 2.21. The van der Waals surface area contributed by atoms with Gasteiger partial charge in [0.25, 0.3) is 0 Å². The van der Waals surface area contributed by atoms with Gasteiger partial charge in [0.1, 0.15) is 0 Å². The molecule has 0 amide bonds. The second-order valence-corrected chi connectivity index (χ2v) is 2.77. The van der Waals surface area contributed by atoms with E-state index in [2.05, 4.69) is 0 Å². The second-order valence-electron chi connectivity index (χ2n) is 1.54. The quantitative estimate of drug-likeness (QED) is 0.514. The van der Waals surface area contributed by atoms with Crippen molar-refractivity contribution in [2.45, 2.75) is 13.8 Å². The molecule has 38 valence electrons. The maximum atomic E-state index is 10.3. The van der Waals surface area contributed by atoms with E-state index in [1.54, 1.807) is 18.7 Å².